The number of amides is 1. The second-order valence-electron chi connectivity index (χ2n) is 6.38. The molecule has 0 bridgehead atoms. The SMILES string of the molecule is COc1ccc(Nc2nn3c(N)c(C#N)c(-c4ccccc4)nc3c2C(N)=O)cc1. The third kappa shape index (κ3) is 3.12. The molecule has 0 unspecified atom stereocenters. The van der Waals surface area contributed by atoms with Crippen molar-refractivity contribution in [2.24, 2.45) is 5.73 Å². The van der Waals surface area contributed by atoms with E-state index in [4.69, 9.17) is 16.2 Å². The van der Waals surface area contributed by atoms with Crippen molar-refractivity contribution in [2.45, 2.75) is 0 Å². The molecular formula is C21H17N7O2. The Morgan fingerprint density at radius 3 is 2.47 bits per heavy atom. The summed E-state index contributed by atoms with van der Waals surface area (Å²) in [6, 6.07) is 18.2. The van der Waals surface area contributed by atoms with E-state index in [1.807, 2.05) is 18.2 Å². The monoisotopic (exact) mass is 399 g/mol. The lowest BCUT2D eigenvalue weighted by molar-refractivity contribution is 0.100. The third-order valence-corrected chi connectivity index (χ3v) is 4.56. The van der Waals surface area contributed by atoms with Crippen molar-refractivity contribution in [3.05, 3.63) is 65.7 Å². The fourth-order valence-electron chi connectivity index (χ4n) is 3.11. The van der Waals surface area contributed by atoms with Gasteiger partial charge in [-0.15, -0.1) is 5.10 Å². The molecule has 148 valence electrons. The summed E-state index contributed by atoms with van der Waals surface area (Å²) in [6.07, 6.45) is 0. The zero-order valence-corrected chi connectivity index (χ0v) is 16.0. The standard InChI is InChI=1S/C21H17N7O2/c1-30-14-9-7-13(8-10-14)25-20-16(19(24)29)21-26-17(12-5-3-2-4-6-12)15(11-22)18(23)28(21)27-20/h2-10H,23H2,1H3,(H2,24,29)(H,25,27). The first-order valence-corrected chi connectivity index (χ1v) is 8.92. The molecule has 0 atom stereocenters. The number of carbonyl (C=O) groups is 1. The van der Waals surface area contributed by atoms with Gasteiger partial charge in [-0.05, 0) is 24.3 Å². The van der Waals surface area contributed by atoms with Crippen LogP contribution in [0.2, 0.25) is 0 Å². The second-order valence-corrected chi connectivity index (χ2v) is 6.38. The van der Waals surface area contributed by atoms with Crippen LogP contribution < -0.4 is 21.5 Å². The Bertz CT molecular complexity index is 1290. The number of methoxy groups -OCH3 is 1. The summed E-state index contributed by atoms with van der Waals surface area (Å²) in [4.78, 5) is 16.8. The minimum absolute atomic E-state index is 0.0617. The molecule has 4 aromatic rings. The van der Waals surface area contributed by atoms with Gasteiger partial charge in [0.25, 0.3) is 5.91 Å². The molecule has 2 heterocycles. The number of benzene rings is 2. The molecule has 5 N–H and O–H groups in total. The Morgan fingerprint density at radius 2 is 1.87 bits per heavy atom. The fourth-order valence-corrected chi connectivity index (χ4v) is 3.11. The normalized spacial score (nSPS) is 10.5. The molecule has 0 aliphatic heterocycles. The smallest absolute Gasteiger partial charge is 0.256 e. The van der Waals surface area contributed by atoms with Crippen LogP contribution in [0.3, 0.4) is 0 Å². The van der Waals surface area contributed by atoms with E-state index >= 15 is 0 Å². The van der Waals surface area contributed by atoms with Crippen molar-refractivity contribution in [2.75, 3.05) is 18.2 Å². The van der Waals surface area contributed by atoms with Gasteiger partial charge in [0, 0.05) is 11.3 Å². The molecule has 0 radical (unpaired) electrons. The molecular weight excluding hydrogens is 382 g/mol. The Hall–Kier alpha value is -4.58. The van der Waals surface area contributed by atoms with Gasteiger partial charge in [-0.25, -0.2) is 4.98 Å². The highest BCUT2D eigenvalue weighted by Gasteiger charge is 2.24. The van der Waals surface area contributed by atoms with Crippen molar-refractivity contribution in [3.63, 3.8) is 0 Å². The van der Waals surface area contributed by atoms with E-state index in [2.05, 4.69) is 21.5 Å². The average Bonchev–Trinajstić information content (AvgIpc) is 3.13. The van der Waals surface area contributed by atoms with Crippen molar-refractivity contribution in [3.8, 4) is 23.1 Å². The molecule has 4 rings (SSSR count). The quantitative estimate of drug-likeness (QED) is 0.468. The molecule has 0 fully saturated rings. The van der Waals surface area contributed by atoms with Crippen LogP contribution in [0.15, 0.2) is 54.6 Å². The predicted octanol–water partition coefficient (Wildman–Crippen LogP) is 2.70. The first-order chi connectivity index (χ1) is 14.5. The van der Waals surface area contributed by atoms with Gasteiger partial charge in [0.2, 0.25) is 0 Å². The lowest BCUT2D eigenvalue weighted by Gasteiger charge is -2.08. The molecule has 2 aromatic heterocycles. The van der Waals surface area contributed by atoms with Crippen molar-refractivity contribution < 1.29 is 9.53 Å². The van der Waals surface area contributed by atoms with Crippen LogP contribution in [0.4, 0.5) is 17.3 Å². The molecule has 1 amide bonds. The van der Waals surface area contributed by atoms with Crippen LogP contribution in [-0.2, 0) is 0 Å². The number of nitrogens with one attached hydrogen (secondary N) is 1. The summed E-state index contributed by atoms with van der Waals surface area (Å²) in [7, 11) is 1.57. The van der Waals surface area contributed by atoms with E-state index in [0.29, 0.717) is 22.7 Å². The molecule has 2 aromatic carbocycles. The van der Waals surface area contributed by atoms with E-state index in [0.717, 1.165) is 0 Å². The molecule has 9 nitrogen and oxygen atoms in total. The van der Waals surface area contributed by atoms with Crippen molar-refractivity contribution in [1.82, 2.24) is 14.6 Å². The Labute approximate surface area is 171 Å². The van der Waals surface area contributed by atoms with E-state index in [1.165, 1.54) is 4.52 Å². The number of nitrogens with two attached hydrogens (primary N) is 2. The first kappa shape index (κ1) is 18.8. The van der Waals surface area contributed by atoms with E-state index in [9.17, 15) is 10.1 Å². The average molecular weight is 399 g/mol. The zero-order valence-electron chi connectivity index (χ0n) is 16.0. The first-order valence-electron chi connectivity index (χ1n) is 8.92. The minimum Gasteiger partial charge on any atom is -0.497 e. The number of hydrogen-bond donors (Lipinski definition) is 3. The maximum absolute atomic E-state index is 12.3. The number of anilines is 3. The zero-order chi connectivity index (χ0) is 21.3. The summed E-state index contributed by atoms with van der Waals surface area (Å²) >= 11 is 0. The van der Waals surface area contributed by atoms with Gasteiger partial charge < -0.3 is 21.5 Å². The van der Waals surface area contributed by atoms with E-state index in [1.54, 1.807) is 43.5 Å². The number of ether oxygens (including phenoxy) is 1. The molecule has 0 spiro atoms. The van der Waals surface area contributed by atoms with E-state index < -0.39 is 5.91 Å². The van der Waals surface area contributed by atoms with Crippen molar-refractivity contribution >= 4 is 28.9 Å². The highest BCUT2D eigenvalue weighted by Crippen LogP contribution is 2.31. The lowest BCUT2D eigenvalue weighted by Crippen LogP contribution is -2.14. The van der Waals surface area contributed by atoms with Gasteiger partial charge in [0.1, 0.15) is 28.8 Å². The Morgan fingerprint density at radius 1 is 1.17 bits per heavy atom. The molecule has 0 aliphatic carbocycles. The third-order valence-electron chi connectivity index (χ3n) is 4.56. The van der Waals surface area contributed by atoms with Crippen LogP contribution in [0, 0.1) is 11.3 Å². The molecule has 0 aliphatic rings. The number of hydrogen-bond acceptors (Lipinski definition) is 7. The summed E-state index contributed by atoms with van der Waals surface area (Å²) in [5, 5.41) is 17.1. The second kappa shape index (κ2) is 7.44. The Balaban J connectivity index is 1.92. The minimum atomic E-state index is -0.725. The van der Waals surface area contributed by atoms with Gasteiger partial charge in [0.05, 0.1) is 12.8 Å². The largest absolute Gasteiger partial charge is 0.497 e. The number of nitriles is 1. The summed E-state index contributed by atoms with van der Waals surface area (Å²) in [5.41, 5.74) is 13.9. The molecule has 0 saturated carbocycles. The maximum atomic E-state index is 12.3. The van der Waals surface area contributed by atoms with Crippen LogP contribution in [0.25, 0.3) is 16.9 Å². The van der Waals surface area contributed by atoms with Gasteiger partial charge >= 0.3 is 0 Å². The number of fused-ring (bicyclic) bond motifs is 1. The number of carbonyl (C=O) groups excluding carboxylic acids is 1. The highest BCUT2D eigenvalue weighted by atomic mass is 16.5. The number of rotatable bonds is 5. The highest BCUT2D eigenvalue weighted by molar-refractivity contribution is 6.05. The topological polar surface area (TPSA) is 144 Å². The summed E-state index contributed by atoms with van der Waals surface area (Å²) < 4.78 is 6.39. The number of aromatic nitrogens is 3. The van der Waals surface area contributed by atoms with Crippen LogP contribution in [-0.4, -0.2) is 27.6 Å². The van der Waals surface area contributed by atoms with Crippen LogP contribution in [0.1, 0.15) is 15.9 Å². The number of primary amides is 1. The van der Waals surface area contributed by atoms with Crippen molar-refractivity contribution in [1.29, 1.82) is 5.26 Å². The maximum Gasteiger partial charge on any atom is 0.256 e. The molecule has 30 heavy (non-hydrogen) atoms. The van der Waals surface area contributed by atoms with Gasteiger partial charge in [-0.2, -0.15) is 9.78 Å². The number of nitrogens with zero attached hydrogens (tertiary/aromatic N) is 4. The van der Waals surface area contributed by atoms with Crippen LogP contribution in [0.5, 0.6) is 5.75 Å². The predicted molar refractivity (Wildman–Crippen MR) is 112 cm³/mol. The van der Waals surface area contributed by atoms with Gasteiger partial charge in [-0.1, -0.05) is 30.3 Å². The van der Waals surface area contributed by atoms with Gasteiger partial charge in [0.15, 0.2) is 11.5 Å². The fraction of sp³-hybridized carbons (Fsp3) is 0.0476. The van der Waals surface area contributed by atoms with Gasteiger partial charge in [-0.3, -0.25) is 4.79 Å². The Kier molecular flexibility index (Phi) is 4.66. The molecule has 0 saturated heterocycles. The van der Waals surface area contributed by atoms with E-state index in [-0.39, 0.29) is 28.4 Å². The summed E-state index contributed by atoms with van der Waals surface area (Å²) in [5.74, 6) is 0.201. The lowest BCUT2D eigenvalue weighted by atomic mass is 10.1. The van der Waals surface area contributed by atoms with Crippen LogP contribution >= 0.6 is 0 Å². The summed E-state index contributed by atoms with van der Waals surface area (Å²) in [6.45, 7) is 0. The molecule has 9 heteroatoms. The number of nitrogen functional groups attached to an aromatic ring is 1.